The van der Waals surface area contributed by atoms with E-state index in [4.69, 9.17) is 32.7 Å². The first-order valence-electron chi connectivity index (χ1n) is 8.92. The van der Waals surface area contributed by atoms with E-state index < -0.39 is 10.0 Å². The highest BCUT2D eigenvalue weighted by atomic mass is 35.5. The monoisotopic (exact) mass is 480 g/mol. The topological polar surface area (TPSA) is 93.7 Å². The Morgan fingerprint density at radius 2 is 1.68 bits per heavy atom. The SMILES string of the molecule is COc1ccccc1NC(=O)COc1ccc(S(=O)(=O)Nc2ccc(Cl)c(Cl)c2)cc1. The first-order chi connectivity index (χ1) is 14.8. The van der Waals surface area contributed by atoms with Crippen molar-refractivity contribution in [1.82, 2.24) is 0 Å². The van der Waals surface area contributed by atoms with Crippen molar-refractivity contribution in [3.63, 3.8) is 0 Å². The zero-order chi connectivity index (χ0) is 22.4. The molecule has 0 radical (unpaired) electrons. The summed E-state index contributed by atoms with van der Waals surface area (Å²) < 4.78 is 38.1. The number of nitrogens with one attached hydrogen (secondary N) is 2. The number of halogens is 2. The molecule has 0 bridgehead atoms. The maximum atomic E-state index is 12.5. The van der Waals surface area contributed by atoms with Gasteiger partial charge in [-0.05, 0) is 54.6 Å². The fraction of sp³-hybridized carbons (Fsp3) is 0.0952. The number of hydrogen-bond acceptors (Lipinski definition) is 5. The Labute approximate surface area is 189 Å². The van der Waals surface area contributed by atoms with Crippen LogP contribution in [-0.4, -0.2) is 28.0 Å². The largest absolute Gasteiger partial charge is 0.495 e. The molecule has 0 saturated heterocycles. The van der Waals surface area contributed by atoms with Crippen LogP contribution in [0.1, 0.15) is 0 Å². The van der Waals surface area contributed by atoms with Gasteiger partial charge in [0.15, 0.2) is 6.61 Å². The van der Waals surface area contributed by atoms with Crippen molar-refractivity contribution in [3.05, 3.63) is 76.8 Å². The summed E-state index contributed by atoms with van der Waals surface area (Å²) in [6.07, 6.45) is 0. The van der Waals surface area contributed by atoms with Crippen molar-refractivity contribution in [2.45, 2.75) is 4.90 Å². The number of benzene rings is 3. The summed E-state index contributed by atoms with van der Waals surface area (Å²) in [6.45, 7) is -0.258. The fourth-order valence-corrected chi connectivity index (χ4v) is 3.92. The second kappa shape index (κ2) is 9.91. The highest BCUT2D eigenvalue weighted by molar-refractivity contribution is 7.92. The van der Waals surface area contributed by atoms with E-state index >= 15 is 0 Å². The first kappa shape index (κ1) is 22.7. The maximum Gasteiger partial charge on any atom is 0.262 e. The summed E-state index contributed by atoms with van der Waals surface area (Å²) in [5, 5.41) is 3.24. The Bertz CT molecular complexity index is 1180. The molecule has 3 aromatic carbocycles. The van der Waals surface area contributed by atoms with Crippen LogP contribution in [-0.2, 0) is 14.8 Å². The molecule has 0 aliphatic carbocycles. The van der Waals surface area contributed by atoms with Crippen LogP contribution in [0, 0.1) is 0 Å². The summed E-state index contributed by atoms with van der Waals surface area (Å²) in [4.78, 5) is 12.1. The van der Waals surface area contributed by atoms with Gasteiger partial charge in [-0.1, -0.05) is 35.3 Å². The lowest BCUT2D eigenvalue weighted by atomic mass is 10.3. The molecule has 0 heterocycles. The Morgan fingerprint density at radius 3 is 2.35 bits per heavy atom. The minimum atomic E-state index is -3.84. The van der Waals surface area contributed by atoms with E-state index in [0.717, 1.165) is 0 Å². The van der Waals surface area contributed by atoms with Gasteiger partial charge in [-0.3, -0.25) is 9.52 Å². The molecule has 7 nitrogen and oxygen atoms in total. The van der Waals surface area contributed by atoms with Gasteiger partial charge < -0.3 is 14.8 Å². The Balaban J connectivity index is 1.60. The highest BCUT2D eigenvalue weighted by Gasteiger charge is 2.15. The first-order valence-corrected chi connectivity index (χ1v) is 11.2. The van der Waals surface area contributed by atoms with Gasteiger partial charge in [0.2, 0.25) is 0 Å². The molecule has 162 valence electrons. The van der Waals surface area contributed by atoms with Crippen LogP contribution in [0.5, 0.6) is 11.5 Å². The van der Waals surface area contributed by atoms with Crippen molar-refractivity contribution < 1.29 is 22.7 Å². The van der Waals surface area contributed by atoms with Crippen molar-refractivity contribution in [3.8, 4) is 11.5 Å². The molecule has 0 unspecified atom stereocenters. The molecule has 0 spiro atoms. The van der Waals surface area contributed by atoms with Gasteiger partial charge >= 0.3 is 0 Å². The van der Waals surface area contributed by atoms with Crippen molar-refractivity contribution in [2.24, 2.45) is 0 Å². The molecule has 3 rings (SSSR count). The van der Waals surface area contributed by atoms with Gasteiger partial charge in [-0.15, -0.1) is 0 Å². The van der Waals surface area contributed by atoms with Crippen LogP contribution >= 0.6 is 23.2 Å². The number of anilines is 2. The van der Waals surface area contributed by atoms with Crippen LogP contribution in [0.3, 0.4) is 0 Å². The van der Waals surface area contributed by atoms with Gasteiger partial charge in [-0.2, -0.15) is 0 Å². The van der Waals surface area contributed by atoms with Crippen LogP contribution in [0.4, 0.5) is 11.4 Å². The number of para-hydroxylation sites is 2. The zero-order valence-electron chi connectivity index (χ0n) is 16.3. The molecule has 1 amide bonds. The van der Waals surface area contributed by atoms with Crippen LogP contribution in [0.2, 0.25) is 10.0 Å². The molecule has 0 aromatic heterocycles. The molecule has 31 heavy (non-hydrogen) atoms. The third-order valence-corrected chi connectivity index (χ3v) is 6.19. The van der Waals surface area contributed by atoms with Gasteiger partial charge in [-0.25, -0.2) is 8.42 Å². The molecule has 0 saturated carbocycles. The van der Waals surface area contributed by atoms with Gasteiger partial charge in [0.05, 0.1) is 33.4 Å². The van der Waals surface area contributed by atoms with Gasteiger partial charge in [0.25, 0.3) is 15.9 Å². The minimum Gasteiger partial charge on any atom is -0.495 e. The lowest BCUT2D eigenvalue weighted by Crippen LogP contribution is -2.20. The number of ether oxygens (including phenoxy) is 2. The summed E-state index contributed by atoms with van der Waals surface area (Å²) in [5.41, 5.74) is 0.802. The van der Waals surface area contributed by atoms with Crippen LogP contribution in [0.15, 0.2) is 71.6 Å². The third kappa shape index (κ3) is 6.04. The predicted octanol–water partition coefficient (Wildman–Crippen LogP) is 4.82. The average Bonchev–Trinajstić information content (AvgIpc) is 2.75. The number of sulfonamides is 1. The Kier molecular flexibility index (Phi) is 7.27. The molecule has 0 aliphatic heterocycles. The van der Waals surface area contributed by atoms with Crippen molar-refractivity contribution >= 4 is 50.5 Å². The molecule has 0 fully saturated rings. The summed E-state index contributed by atoms with van der Waals surface area (Å²) in [5.74, 6) is 0.478. The van der Waals surface area contributed by atoms with E-state index in [1.807, 2.05) is 0 Å². The second-order valence-corrected chi connectivity index (χ2v) is 8.74. The molecule has 2 N–H and O–H groups in total. The maximum absolute atomic E-state index is 12.5. The predicted molar refractivity (Wildman–Crippen MR) is 121 cm³/mol. The highest BCUT2D eigenvalue weighted by Crippen LogP contribution is 2.27. The normalized spacial score (nSPS) is 10.9. The standard InChI is InChI=1S/C21H18Cl2N2O5S/c1-29-20-5-3-2-4-19(20)24-21(26)13-30-15-7-9-16(10-8-15)31(27,28)25-14-6-11-17(22)18(23)12-14/h2-12,25H,13H2,1H3,(H,24,26). The summed E-state index contributed by atoms with van der Waals surface area (Å²) >= 11 is 11.8. The number of methoxy groups -OCH3 is 1. The molecular formula is C21H18Cl2N2O5S. The number of carbonyl (C=O) groups excluding carboxylic acids is 1. The molecule has 0 aliphatic rings. The van der Waals surface area contributed by atoms with Crippen molar-refractivity contribution in [2.75, 3.05) is 23.8 Å². The van der Waals surface area contributed by atoms with E-state index in [2.05, 4.69) is 10.0 Å². The van der Waals surface area contributed by atoms with E-state index in [0.29, 0.717) is 22.2 Å². The van der Waals surface area contributed by atoms with Crippen LogP contribution < -0.4 is 19.5 Å². The van der Waals surface area contributed by atoms with E-state index in [-0.39, 0.29) is 28.1 Å². The number of carbonyl (C=O) groups is 1. The second-order valence-electron chi connectivity index (χ2n) is 6.24. The third-order valence-electron chi connectivity index (χ3n) is 4.06. The Morgan fingerprint density at radius 1 is 0.968 bits per heavy atom. The van der Waals surface area contributed by atoms with E-state index in [9.17, 15) is 13.2 Å². The fourth-order valence-electron chi connectivity index (χ4n) is 2.57. The molecule has 0 atom stereocenters. The molecular weight excluding hydrogens is 463 g/mol. The minimum absolute atomic E-state index is 0.0180. The molecule has 3 aromatic rings. The lowest BCUT2D eigenvalue weighted by Gasteiger charge is -2.11. The summed E-state index contributed by atoms with van der Waals surface area (Å²) in [7, 11) is -2.33. The van der Waals surface area contributed by atoms with Crippen molar-refractivity contribution in [1.29, 1.82) is 0 Å². The molecule has 10 heteroatoms. The summed E-state index contributed by atoms with van der Waals surface area (Å²) in [6, 6.07) is 17.1. The number of rotatable bonds is 8. The Hall–Kier alpha value is -2.94. The van der Waals surface area contributed by atoms with E-state index in [1.54, 1.807) is 24.3 Å². The van der Waals surface area contributed by atoms with Gasteiger partial charge in [0, 0.05) is 0 Å². The average molecular weight is 481 g/mol. The quantitative estimate of drug-likeness (QED) is 0.481. The number of amides is 1. The smallest absolute Gasteiger partial charge is 0.262 e. The van der Waals surface area contributed by atoms with Crippen LogP contribution in [0.25, 0.3) is 0 Å². The lowest BCUT2D eigenvalue weighted by molar-refractivity contribution is -0.118. The van der Waals surface area contributed by atoms with E-state index in [1.165, 1.54) is 49.6 Å². The zero-order valence-corrected chi connectivity index (χ0v) is 18.6. The van der Waals surface area contributed by atoms with Gasteiger partial charge in [0.1, 0.15) is 11.5 Å². The number of hydrogen-bond donors (Lipinski definition) is 2.